The molecule has 0 saturated heterocycles. The third-order valence-corrected chi connectivity index (χ3v) is 3.49. The Labute approximate surface area is 168 Å². The highest BCUT2D eigenvalue weighted by molar-refractivity contribution is 5.79. The number of amides is 1. The predicted molar refractivity (Wildman–Crippen MR) is 111 cm³/mol. The smallest absolute Gasteiger partial charge is 0.407 e. The van der Waals surface area contributed by atoms with Crippen molar-refractivity contribution in [2.45, 2.75) is 45.8 Å². The number of carbonyl (C=O) groups is 1. The normalized spacial score (nSPS) is 12.7. The molecule has 158 valence electrons. The van der Waals surface area contributed by atoms with Crippen LogP contribution in [-0.4, -0.2) is 57.5 Å². The van der Waals surface area contributed by atoms with Gasteiger partial charge in [0.25, 0.3) is 0 Å². The zero-order valence-corrected chi connectivity index (χ0v) is 17.8. The van der Waals surface area contributed by atoms with Gasteiger partial charge in [0.1, 0.15) is 23.2 Å². The Morgan fingerprint density at radius 1 is 1.07 bits per heavy atom. The maximum Gasteiger partial charge on any atom is 0.407 e. The number of carbonyl (C=O) groups excluding carboxylic acids is 1. The van der Waals surface area contributed by atoms with Gasteiger partial charge < -0.3 is 30.2 Å². The molecule has 1 atom stereocenters. The lowest BCUT2D eigenvalue weighted by molar-refractivity contribution is 0.0527. The number of alkyl carbamates (subject to hydrolysis) is 1. The minimum absolute atomic E-state index is 0.0409. The third-order valence-electron chi connectivity index (χ3n) is 3.49. The molecule has 1 amide bonds. The number of methoxy groups -OCH3 is 1. The topological polar surface area (TPSA) is 93.2 Å². The first-order valence-electron chi connectivity index (χ1n) is 9.45. The van der Waals surface area contributed by atoms with Gasteiger partial charge in [0, 0.05) is 20.1 Å². The lowest BCUT2D eigenvalue weighted by Crippen LogP contribution is -2.42. The average Bonchev–Trinajstić information content (AvgIpc) is 2.63. The third kappa shape index (κ3) is 10.5. The van der Waals surface area contributed by atoms with Gasteiger partial charge in [0.2, 0.25) is 0 Å². The minimum atomic E-state index is -0.487. The van der Waals surface area contributed by atoms with Gasteiger partial charge in [-0.1, -0.05) is 0 Å². The number of nitrogens with zero attached hydrogens (tertiary/aromatic N) is 1. The number of ether oxygens (including phenoxy) is 3. The molecule has 0 heterocycles. The van der Waals surface area contributed by atoms with E-state index in [0.717, 1.165) is 17.9 Å². The van der Waals surface area contributed by atoms with Crippen molar-refractivity contribution in [3.8, 4) is 11.5 Å². The molecule has 0 saturated carbocycles. The van der Waals surface area contributed by atoms with E-state index in [9.17, 15) is 4.79 Å². The monoisotopic (exact) mass is 394 g/mol. The fourth-order valence-electron chi connectivity index (χ4n) is 2.19. The molecule has 8 nitrogen and oxygen atoms in total. The lowest BCUT2D eigenvalue weighted by atomic mass is 10.2. The number of rotatable bonds is 9. The van der Waals surface area contributed by atoms with E-state index in [4.69, 9.17) is 14.2 Å². The van der Waals surface area contributed by atoms with E-state index in [-0.39, 0.29) is 6.10 Å². The van der Waals surface area contributed by atoms with E-state index in [1.54, 1.807) is 14.2 Å². The second kappa shape index (κ2) is 11.9. The summed E-state index contributed by atoms with van der Waals surface area (Å²) < 4.78 is 16.2. The number of aliphatic imine (C=N–C) groups is 1. The fourth-order valence-corrected chi connectivity index (χ4v) is 2.19. The van der Waals surface area contributed by atoms with Crippen LogP contribution < -0.4 is 25.4 Å². The molecule has 1 aromatic rings. The number of guanidine groups is 1. The molecule has 0 aromatic heterocycles. The van der Waals surface area contributed by atoms with Crippen LogP contribution in [0, 0.1) is 0 Å². The fraction of sp³-hybridized carbons (Fsp3) is 0.600. The van der Waals surface area contributed by atoms with Crippen molar-refractivity contribution in [3.63, 3.8) is 0 Å². The van der Waals surface area contributed by atoms with Gasteiger partial charge in [0.15, 0.2) is 5.96 Å². The van der Waals surface area contributed by atoms with Crippen molar-refractivity contribution in [2.75, 3.05) is 33.8 Å². The maximum absolute atomic E-state index is 11.6. The van der Waals surface area contributed by atoms with Gasteiger partial charge in [-0.25, -0.2) is 4.79 Å². The number of nitrogens with one attached hydrogen (secondary N) is 3. The summed E-state index contributed by atoms with van der Waals surface area (Å²) in [6, 6.07) is 7.47. The van der Waals surface area contributed by atoms with Crippen LogP contribution in [-0.2, 0) is 4.74 Å². The number of hydrogen-bond acceptors (Lipinski definition) is 5. The quantitative estimate of drug-likeness (QED) is 0.339. The molecule has 0 aliphatic carbocycles. The second-order valence-electron chi connectivity index (χ2n) is 7.27. The molecule has 0 spiro atoms. The summed E-state index contributed by atoms with van der Waals surface area (Å²) in [5.74, 6) is 2.26. The zero-order chi connectivity index (χ0) is 21.0. The average molecular weight is 395 g/mol. The van der Waals surface area contributed by atoms with Crippen LogP contribution in [0.5, 0.6) is 11.5 Å². The van der Waals surface area contributed by atoms with Gasteiger partial charge in [-0.3, -0.25) is 4.99 Å². The van der Waals surface area contributed by atoms with E-state index >= 15 is 0 Å². The van der Waals surface area contributed by atoms with Crippen LogP contribution in [0.2, 0.25) is 0 Å². The molecule has 0 aliphatic rings. The Morgan fingerprint density at radius 3 is 2.25 bits per heavy atom. The van der Waals surface area contributed by atoms with Crippen molar-refractivity contribution in [2.24, 2.45) is 4.99 Å². The Balaban J connectivity index is 2.21. The summed E-state index contributed by atoms with van der Waals surface area (Å²) in [5, 5.41) is 9.15. The molecule has 0 aliphatic heterocycles. The Bertz CT molecular complexity index is 612. The van der Waals surface area contributed by atoms with E-state index in [2.05, 4.69) is 20.9 Å². The van der Waals surface area contributed by atoms with Crippen molar-refractivity contribution >= 4 is 12.1 Å². The molecule has 1 aromatic carbocycles. The van der Waals surface area contributed by atoms with Gasteiger partial charge in [-0.15, -0.1) is 0 Å². The molecule has 3 N–H and O–H groups in total. The van der Waals surface area contributed by atoms with Crippen LogP contribution in [0.15, 0.2) is 29.3 Å². The van der Waals surface area contributed by atoms with E-state index < -0.39 is 11.7 Å². The van der Waals surface area contributed by atoms with Crippen LogP contribution >= 0.6 is 0 Å². The highest BCUT2D eigenvalue weighted by Crippen LogP contribution is 2.17. The molecule has 0 bridgehead atoms. The lowest BCUT2D eigenvalue weighted by Gasteiger charge is -2.20. The molecule has 1 rings (SSSR count). The van der Waals surface area contributed by atoms with Crippen LogP contribution in [0.1, 0.15) is 34.1 Å². The molecular formula is C20H34N4O4. The van der Waals surface area contributed by atoms with Crippen LogP contribution in [0.4, 0.5) is 4.79 Å². The van der Waals surface area contributed by atoms with Crippen molar-refractivity contribution in [1.29, 1.82) is 0 Å². The Hall–Kier alpha value is -2.64. The summed E-state index contributed by atoms with van der Waals surface area (Å²) in [6.45, 7) is 9.28. The van der Waals surface area contributed by atoms with E-state index in [1.165, 1.54) is 0 Å². The Morgan fingerprint density at radius 2 is 1.68 bits per heavy atom. The van der Waals surface area contributed by atoms with Crippen molar-refractivity contribution < 1.29 is 19.0 Å². The molecule has 8 heteroatoms. The minimum Gasteiger partial charge on any atom is -0.497 e. The van der Waals surface area contributed by atoms with Crippen LogP contribution in [0.3, 0.4) is 0 Å². The molecule has 28 heavy (non-hydrogen) atoms. The van der Waals surface area contributed by atoms with Gasteiger partial charge in [-0.05, 0) is 58.4 Å². The summed E-state index contributed by atoms with van der Waals surface area (Å²) in [6.07, 6.45) is 0.304. The maximum atomic E-state index is 11.6. The highest BCUT2D eigenvalue weighted by atomic mass is 16.6. The number of hydrogen-bond donors (Lipinski definition) is 3. The van der Waals surface area contributed by atoms with Crippen LogP contribution in [0.25, 0.3) is 0 Å². The van der Waals surface area contributed by atoms with Gasteiger partial charge in [0.05, 0.1) is 13.7 Å². The Kier molecular flexibility index (Phi) is 9.98. The highest BCUT2D eigenvalue weighted by Gasteiger charge is 2.15. The molecule has 0 fully saturated rings. The summed E-state index contributed by atoms with van der Waals surface area (Å²) >= 11 is 0. The first kappa shape index (κ1) is 23.4. The first-order chi connectivity index (χ1) is 13.2. The largest absolute Gasteiger partial charge is 0.497 e. The number of benzene rings is 1. The van der Waals surface area contributed by atoms with Gasteiger partial charge in [-0.2, -0.15) is 0 Å². The van der Waals surface area contributed by atoms with Crippen molar-refractivity contribution in [1.82, 2.24) is 16.0 Å². The summed E-state index contributed by atoms with van der Waals surface area (Å²) in [4.78, 5) is 15.7. The SMILES string of the molecule is CN=C(NCCCNC(=O)OC(C)(C)C)NCC(C)Oc1ccc(OC)cc1. The molecule has 0 radical (unpaired) electrons. The summed E-state index contributed by atoms with van der Waals surface area (Å²) in [5.41, 5.74) is -0.487. The predicted octanol–water partition coefficient (Wildman–Crippen LogP) is 2.54. The first-order valence-corrected chi connectivity index (χ1v) is 9.45. The molecular weight excluding hydrogens is 360 g/mol. The standard InChI is InChI=1S/C20H34N4O4/c1-15(27-17-10-8-16(26-6)9-11-17)14-24-18(21-5)22-12-7-13-23-19(25)28-20(2,3)4/h8-11,15H,7,12-14H2,1-6H3,(H,23,25)(H2,21,22,24). The van der Waals surface area contributed by atoms with Gasteiger partial charge >= 0.3 is 6.09 Å². The van der Waals surface area contributed by atoms with Crippen molar-refractivity contribution in [3.05, 3.63) is 24.3 Å². The second-order valence-corrected chi connectivity index (χ2v) is 7.27. The molecule has 1 unspecified atom stereocenters. The van der Waals surface area contributed by atoms with E-state index in [1.807, 2.05) is 52.0 Å². The zero-order valence-electron chi connectivity index (χ0n) is 17.8. The summed E-state index contributed by atoms with van der Waals surface area (Å²) in [7, 11) is 3.35. The van der Waals surface area contributed by atoms with E-state index in [0.29, 0.717) is 25.6 Å².